The fraction of sp³-hybridized carbons (Fsp3) is 0. The number of fused-ring (bicyclic) bond motifs is 4. The first-order valence-electron chi connectivity index (χ1n) is 20.5. The highest BCUT2D eigenvalue weighted by Crippen LogP contribution is 2.43. The molecule has 0 saturated carbocycles. The molecule has 2 heteroatoms. The topological polar surface area (TPSA) is 16.4 Å². The van der Waals surface area contributed by atoms with Crippen LogP contribution >= 0.6 is 0 Å². The zero-order valence-corrected chi connectivity index (χ0v) is 32.9. The lowest BCUT2D eigenvalue weighted by Crippen LogP contribution is -2.10. The number of rotatable bonds is 8. The third-order valence-electron chi connectivity index (χ3n) is 11.7. The van der Waals surface area contributed by atoms with Gasteiger partial charge in [-0.1, -0.05) is 188 Å². The minimum absolute atomic E-state index is 0.898. The van der Waals surface area contributed by atoms with Gasteiger partial charge in [0, 0.05) is 27.8 Å². The van der Waals surface area contributed by atoms with Gasteiger partial charge in [0.2, 0.25) is 0 Å². The highest BCUT2D eigenvalue weighted by molar-refractivity contribution is 6.12. The van der Waals surface area contributed by atoms with Crippen molar-refractivity contribution in [1.29, 1.82) is 0 Å². The second kappa shape index (κ2) is 15.1. The molecule has 0 radical (unpaired) electrons. The molecular formula is C58H39NO. The Bertz CT molecular complexity index is 3270. The highest BCUT2D eigenvalue weighted by Gasteiger charge is 2.18. The van der Waals surface area contributed by atoms with E-state index in [4.69, 9.17) is 4.42 Å². The van der Waals surface area contributed by atoms with E-state index in [1.54, 1.807) is 0 Å². The van der Waals surface area contributed by atoms with Gasteiger partial charge < -0.3 is 9.32 Å². The van der Waals surface area contributed by atoms with Crippen molar-refractivity contribution in [3.63, 3.8) is 0 Å². The van der Waals surface area contributed by atoms with E-state index >= 15 is 0 Å². The third kappa shape index (κ3) is 6.41. The van der Waals surface area contributed by atoms with Gasteiger partial charge in [-0.2, -0.15) is 0 Å². The van der Waals surface area contributed by atoms with Crippen LogP contribution in [0.4, 0.5) is 17.1 Å². The molecule has 0 bridgehead atoms. The van der Waals surface area contributed by atoms with Crippen LogP contribution in [0.1, 0.15) is 0 Å². The summed E-state index contributed by atoms with van der Waals surface area (Å²) in [6.45, 7) is 0. The molecule has 0 aliphatic heterocycles. The smallest absolute Gasteiger partial charge is 0.136 e. The van der Waals surface area contributed by atoms with Crippen LogP contribution < -0.4 is 4.90 Å². The van der Waals surface area contributed by atoms with E-state index in [2.05, 4.69) is 229 Å². The summed E-state index contributed by atoms with van der Waals surface area (Å²) in [5.41, 5.74) is 16.9. The lowest BCUT2D eigenvalue weighted by Gasteiger charge is -2.27. The number of hydrogen-bond acceptors (Lipinski definition) is 2. The minimum atomic E-state index is 0.898. The van der Waals surface area contributed by atoms with Gasteiger partial charge in [-0.15, -0.1) is 0 Å². The van der Waals surface area contributed by atoms with Crippen molar-refractivity contribution in [3.05, 3.63) is 237 Å². The van der Waals surface area contributed by atoms with Gasteiger partial charge in [0.25, 0.3) is 0 Å². The number of para-hydroxylation sites is 1. The summed E-state index contributed by atoms with van der Waals surface area (Å²) in [4.78, 5) is 2.37. The van der Waals surface area contributed by atoms with Crippen molar-refractivity contribution in [2.75, 3.05) is 4.90 Å². The van der Waals surface area contributed by atoms with Crippen molar-refractivity contribution < 1.29 is 4.42 Å². The Morgan fingerprint density at radius 3 is 1.45 bits per heavy atom. The molecular weight excluding hydrogens is 727 g/mol. The molecule has 0 saturated heterocycles. The monoisotopic (exact) mass is 765 g/mol. The van der Waals surface area contributed by atoms with E-state index in [9.17, 15) is 0 Å². The Morgan fingerprint density at radius 2 is 0.733 bits per heavy atom. The Labute approximate surface area is 349 Å². The van der Waals surface area contributed by atoms with Crippen molar-refractivity contribution in [2.24, 2.45) is 0 Å². The number of furan rings is 1. The SMILES string of the molecule is c1ccc(-c2ccc(N(c3ccc(-c4ccc(-c5cccc6ccccc56)cc4)cc3)c3ccc(-c4cccc5oc6ccccc6c45)cc3)cc2-c2ccccc2)cc1. The van der Waals surface area contributed by atoms with E-state index in [1.807, 2.05) is 12.1 Å². The summed E-state index contributed by atoms with van der Waals surface area (Å²) in [5.74, 6) is 0. The lowest BCUT2D eigenvalue weighted by molar-refractivity contribution is 0.669. The molecule has 0 spiro atoms. The van der Waals surface area contributed by atoms with Gasteiger partial charge in [0.1, 0.15) is 11.2 Å². The third-order valence-corrected chi connectivity index (χ3v) is 11.7. The standard InChI is InChI=1S/C58H39NO/c1-3-13-42(14-4-1)52-38-37-49(39-55(52)44-15-5-2-6-16-44)59(48-35-31-46(32-36-48)53-22-12-24-57-58(53)54-20-9-10-23-56(54)60-57)47-33-29-41(30-34-47)40-25-27-45(28-26-40)51-21-11-18-43-17-7-8-19-50(43)51/h1-39H. The fourth-order valence-electron chi connectivity index (χ4n) is 8.77. The summed E-state index contributed by atoms with van der Waals surface area (Å²) in [7, 11) is 0. The van der Waals surface area contributed by atoms with E-state index in [1.165, 1.54) is 55.3 Å². The molecule has 1 heterocycles. The van der Waals surface area contributed by atoms with Crippen LogP contribution in [-0.2, 0) is 0 Å². The van der Waals surface area contributed by atoms with Gasteiger partial charge in [-0.25, -0.2) is 0 Å². The molecule has 0 fully saturated rings. The number of anilines is 3. The Morgan fingerprint density at radius 1 is 0.267 bits per heavy atom. The van der Waals surface area contributed by atoms with Crippen LogP contribution in [0.3, 0.4) is 0 Å². The summed E-state index contributed by atoms with van der Waals surface area (Å²) in [6.07, 6.45) is 0. The predicted molar refractivity (Wildman–Crippen MR) is 253 cm³/mol. The molecule has 11 aromatic rings. The molecule has 60 heavy (non-hydrogen) atoms. The molecule has 0 unspecified atom stereocenters. The largest absolute Gasteiger partial charge is 0.456 e. The van der Waals surface area contributed by atoms with Crippen LogP contribution in [0.2, 0.25) is 0 Å². The molecule has 0 atom stereocenters. The molecule has 11 rings (SSSR count). The number of nitrogens with zero attached hydrogens (tertiary/aromatic N) is 1. The van der Waals surface area contributed by atoms with E-state index < -0.39 is 0 Å². The summed E-state index contributed by atoms with van der Waals surface area (Å²) in [6, 6.07) is 84.9. The van der Waals surface area contributed by atoms with E-state index in [0.29, 0.717) is 0 Å². The van der Waals surface area contributed by atoms with Gasteiger partial charge in [0.05, 0.1) is 0 Å². The maximum atomic E-state index is 6.26. The second-order valence-electron chi connectivity index (χ2n) is 15.3. The summed E-state index contributed by atoms with van der Waals surface area (Å²) >= 11 is 0. The zero-order valence-electron chi connectivity index (χ0n) is 32.9. The zero-order chi connectivity index (χ0) is 39.8. The van der Waals surface area contributed by atoms with Crippen molar-refractivity contribution in [3.8, 4) is 55.6 Å². The summed E-state index contributed by atoms with van der Waals surface area (Å²) in [5, 5.41) is 4.79. The van der Waals surface area contributed by atoms with Gasteiger partial charge in [-0.05, 0) is 115 Å². The van der Waals surface area contributed by atoms with Crippen LogP contribution in [-0.4, -0.2) is 0 Å². The van der Waals surface area contributed by atoms with Crippen LogP contribution in [0.15, 0.2) is 241 Å². The first-order chi connectivity index (χ1) is 29.7. The number of hydrogen-bond donors (Lipinski definition) is 0. The maximum absolute atomic E-state index is 6.26. The van der Waals surface area contributed by atoms with Gasteiger partial charge in [0.15, 0.2) is 0 Å². The molecule has 282 valence electrons. The average Bonchev–Trinajstić information content (AvgIpc) is 3.72. The molecule has 0 N–H and O–H groups in total. The van der Waals surface area contributed by atoms with Crippen molar-refractivity contribution in [1.82, 2.24) is 0 Å². The Kier molecular flexibility index (Phi) is 8.87. The molecule has 0 aliphatic rings. The van der Waals surface area contributed by atoms with Crippen molar-refractivity contribution in [2.45, 2.75) is 0 Å². The van der Waals surface area contributed by atoms with Gasteiger partial charge in [-0.3, -0.25) is 0 Å². The average molecular weight is 766 g/mol. The predicted octanol–water partition coefficient (Wildman–Crippen LogP) is 16.5. The normalized spacial score (nSPS) is 11.3. The van der Waals surface area contributed by atoms with E-state index in [-0.39, 0.29) is 0 Å². The summed E-state index contributed by atoms with van der Waals surface area (Å²) < 4.78 is 6.26. The molecule has 0 aliphatic carbocycles. The number of benzene rings is 10. The van der Waals surface area contributed by atoms with Crippen LogP contribution in [0.25, 0.3) is 88.3 Å². The quantitative estimate of drug-likeness (QED) is 0.153. The fourth-order valence-corrected chi connectivity index (χ4v) is 8.77. The minimum Gasteiger partial charge on any atom is -0.456 e. The first kappa shape index (κ1) is 35.2. The molecule has 2 nitrogen and oxygen atoms in total. The van der Waals surface area contributed by atoms with Gasteiger partial charge >= 0.3 is 0 Å². The Balaban J connectivity index is 1.00. The molecule has 1 aromatic heterocycles. The molecule has 0 amide bonds. The lowest BCUT2D eigenvalue weighted by atomic mass is 9.93. The maximum Gasteiger partial charge on any atom is 0.136 e. The van der Waals surface area contributed by atoms with Crippen LogP contribution in [0.5, 0.6) is 0 Å². The molecule has 10 aromatic carbocycles. The highest BCUT2D eigenvalue weighted by atomic mass is 16.3. The van der Waals surface area contributed by atoms with E-state index in [0.717, 1.165) is 50.1 Å². The first-order valence-corrected chi connectivity index (χ1v) is 20.5. The van der Waals surface area contributed by atoms with Crippen LogP contribution in [0, 0.1) is 0 Å². The Hall–Kier alpha value is -7.94. The van der Waals surface area contributed by atoms with Crippen molar-refractivity contribution >= 4 is 49.8 Å². The second-order valence-corrected chi connectivity index (χ2v) is 15.3.